The van der Waals surface area contributed by atoms with Crippen molar-refractivity contribution >= 4 is 17.7 Å². The summed E-state index contributed by atoms with van der Waals surface area (Å²) in [5.41, 5.74) is 1.55. The number of carbonyl (C=O) groups is 1. The van der Waals surface area contributed by atoms with Crippen LogP contribution in [0.3, 0.4) is 0 Å². The van der Waals surface area contributed by atoms with Gasteiger partial charge in [-0.05, 0) is 12.1 Å². The van der Waals surface area contributed by atoms with Crippen LogP contribution in [0.1, 0.15) is 16.2 Å². The monoisotopic (exact) mass is 183 g/mol. The van der Waals surface area contributed by atoms with Gasteiger partial charge in [-0.2, -0.15) is 11.8 Å². The summed E-state index contributed by atoms with van der Waals surface area (Å²) in [4.78, 5) is 10.7. The molecule has 2 heterocycles. The summed E-state index contributed by atoms with van der Waals surface area (Å²) in [5.74, 6) is 1.13. The van der Waals surface area contributed by atoms with Gasteiger partial charge < -0.3 is 9.67 Å². The van der Waals surface area contributed by atoms with E-state index in [0.717, 1.165) is 23.7 Å². The standard InChI is InChI=1S/C8H9NO2S/c10-8(11)7-2-1-6-5-12-4-3-9(6)7/h1-2H,3-5H2,(H,10,11). The summed E-state index contributed by atoms with van der Waals surface area (Å²) < 4.78 is 1.89. The zero-order valence-electron chi connectivity index (χ0n) is 6.49. The zero-order chi connectivity index (χ0) is 8.55. The Labute approximate surface area is 74.4 Å². The van der Waals surface area contributed by atoms with Crippen LogP contribution in [0, 0.1) is 0 Å². The van der Waals surface area contributed by atoms with Crippen LogP contribution in [0.15, 0.2) is 12.1 Å². The maximum absolute atomic E-state index is 10.7. The molecule has 2 rings (SSSR count). The van der Waals surface area contributed by atoms with Crippen molar-refractivity contribution in [2.24, 2.45) is 0 Å². The summed E-state index contributed by atoms with van der Waals surface area (Å²) in [6.07, 6.45) is 0. The van der Waals surface area contributed by atoms with Crippen LogP contribution < -0.4 is 0 Å². The average molecular weight is 183 g/mol. The lowest BCUT2D eigenvalue weighted by molar-refractivity contribution is 0.0685. The molecule has 0 bridgehead atoms. The van der Waals surface area contributed by atoms with E-state index < -0.39 is 5.97 Å². The fourth-order valence-electron chi connectivity index (χ4n) is 1.42. The molecule has 1 aromatic rings. The van der Waals surface area contributed by atoms with Gasteiger partial charge in [0, 0.05) is 23.7 Å². The molecular weight excluding hydrogens is 174 g/mol. The summed E-state index contributed by atoms with van der Waals surface area (Å²) in [7, 11) is 0. The van der Waals surface area contributed by atoms with E-state index in [1.54, 1.807) is 6.07 Å². The minimum atomic E-state index is -0.826. The Morgan fingerprint density at radius 1 is 1.58 bits per heavy atom. The zero-order valence-corrected chi connectivity index (χ0v) is 7.30. The highest BCUT2D eigenvalue weighted by Crippen LogP contribution is 2.21. The minimum absolute atomic E-state index is 0.422. The van der Waals surface area contributed by atoms with Gasteiger partial charge in [0.1, 0.15) is 5.69 Å². The summed E-state index contributed by atoms with van der Waals surface area (Å²) in [6, 6.07) is 3.58. The molecule has 0 aliphatic carbocycles. The highest BCUT2D eigenvalue weighted by atomic mass is 32.2. The van der Waals surface area contributed by atoms with Crippen molar-refractivity contribution in [1.29, 1.82) is 0 Å². The van der Waals surface area contributed by atoms with Crippen LogP contribution in [-0.4, -0.2) is 21.4 Å². The number of rotatable bonds is 1. The number of carboxylic acid groups (broad SMARTS) is 1. The summed E-state index contributed by atoms with van der Waals surface area (Å²) in [6.45, 7) is 0.828. The van der Waals surface area contributed by atoms with E-state index in [-0.39, 0.29) is 0 Å². The van der Waals surface area contributed by atoms with Crippen LogP contribution in [0.5, 0.6) is 0 Å². The molecule has 1 aromatic heterocycles. The predicted octanol–water partition coefficient (Wildman–Crippen LogP) is 1.43. The quantitative estimate of drug-likeness (QED) is 0.716. The van der Waals surface area contributed by atoms with E-state index >= 15 is 0 Å². The highest BCUT2D eigenvalue weighted by molar-refractivity contribution is 7.98. The Kier molecular flexibility index (Phi) is 1.84. The molecule has 0 unspecified atom stereocenters. The Hall–Kier alpha value is -0.900. The number of aromatic nitrogens is 1. The largest absolute Gasteiger partial charge is 0.477 e. The molecule has 0 radical (unpaired) electrons. The van der Waals surface area contributed by atoms with Gasteiger partial charge >= 0.3 is 5.97 Å². The molecule has 3 nitrogen and oxygen atoms in total. The van der Waals surface area contributed by atoms with Gasteiger partial charge in [-0.1, -0.05) is 0 Å². The number of nitrogens with zero attached hydrogens (tertiary/aromatic N) is 1. The molecule has 0 spiro atoms. The van der Waals surface area contributed by atoms with E-state index in [9.17, 15) is 4.79 Å². The maximum atomic E-state index is 10.7. The first-order valence-corrected chi connectivity index (χ1v) is 4.94. The maximum Gasteiger partial charge on any atom is 0.352 e. The van der Waals surface area contributed by atoms with Gasteiger partial charge in [0.15, 0.2) is 0 Å². The summed E-state index contributed by atoms with van der Waals surface area (Å²) >= 11 is 1.85. The normalized spacial score (nSPS) is 15.7. The van der Waals surface area contributed by atoms with Gasteiger partial charge in [-0.15, -0.1) is 0 Å². The Morgan fingerprint density at radius 2 is 2.42 bits per heavy atom. The van der Waals surface area contributed by atoms with Gasteiger partial charge in [0.2, 0.25) is 0 Å². The van der Waals surface area contributed by atoms with E-state index in [2.05, 4.69) is 0 Å². The topological polar surface area (TPSA) is 42.2 Å². The lowest BCUT2D eigenvalue weighted by Crippen LogP contribution is -2.15. The van der Waals surface area contributed by atoms with Crippen molar-refractivity contribution in [2.45, 2.75) is 12.3 Å². The van der Waals surface area contributed by atoms with Crippen LogP contribution in [0.25, 0.3) is 0 Å². The van der Waals surface area contributed by atoms with Crippen molar-refractivity contribution in [3.63, 3.8) is 0 Å². The van der Waals surface area contributed by atoms with Crippen LogP contribution in [-0.2, 0) is 12.3 Å². The number of hydrogen-bond acceptors (Lipinski definition) is 2. The third kappa shape index (κ3) is 1.12. The molecule has 1 N–H and O–H groups in total. The minimum Gasteiger partial charge on any atom is -0.477 e. The number of fused-ring (bicyclic) bond motifs is 1. The van der Waals surface area contributed by atoms with Gasteiger partial charge in [-0.25, -0.2) is 4.79 Å². The second-order valence-corrected chi connectivity index (χ2v) is 3.82. The van der Waals surface area contributed by atoms with Crippen LogP contribution >= 0.6 is 11.8 Å². The number of carboxylic acids is 1. The van der Waals surface area contributed by atoms with Crippen molar-refractivity contribution < 1.29 is 9.90 Å². The first-order chi connectivity index (χ1) is 5.79. The lowest BCUT2D eigenvalue weighted by atomic mass is 10.4. The van der Waals surface area contributed by atoms with Crippen molar-refractivity contribution in [1.82, 2.24) is 4.57 Å². The Morgan fingerprint density at radius 3 is 3.17 bits per heavy atom. The Bertz CT molecular complexity index is 319. The molecule has 1 aliphatic heterocycles. The molecule has 0 atom stereocenters. The molecule has 0 saturated carbocycles. The van der Waals surface area contributed by atoms with Crippen molar-refractivity contribution in [3.05, 3.63) is 23.5 Å². The number of hydrogen-bond donors (Lipinski definition) is 1. The van der Waals surface area contributed by atoms with Gasteiger partial charge in [-0.3, -0.25) is 0 Å². The van der Waals surface area contributed by atoms with Crippen LogP contribution in [0.2, 0.25) is 0 Å². The predicted molar refractivity (Wildman–Crippen MR) is 47.6 cm³/mol. The first kappa shape index (κ1) is 7.73. The molecular formula is C8H9NO2S. The van der Waals surface area contributed by atoms with E-state index in [1.807, 2.05) is 22.4 Å². The van der Waals surface area contributed by atoms with Crippen LogP contribution in [0.4, 0.5) is 0 Å². The van der Waals surface area contributed by atoms with Crippen molar-refractivity contribution in [3.8, 4) is 0 Å². The van der Waals surface area contributed by atoms with Crippen molar-refractivity contribution in [2.75, 3.05) is 5.75 Å². The Balaban J connectivity index is 2.44. The second kappa shape index (κ2) is 2.86. The fraction of sp³-hybridized carbons (Fsp3) is 0.375. The molecule has 0 aromatic carbocycles. The number of aromatic carboxylic acids is 1. The molecule has 0 saturated heterocycles. The SMILES string of the molecule is O=C(O)c1ccc2n1CCSC2. The summed E-state index contributed by atoms with van der Waals surface area (Å²) in [5, 5.41) is 8.80. The molecule has 4 heteroatoms. The third-order valence-corrected chi connectivity index (χ3v) is 2.97. The molecule has 12 heavy (non-hydrogen) atoms. The molecule has 64 valence electrons. The highest BCUT2D eigenvalue weighted by Gasteiger charge is 2.16. The number of thioether (sulfide) groups is 1. The van der Waals surface area contributed by atoms with E-state index in [4.69, 9.17) is 5.11 Å². The average Bonchev–Trinajstić information content (AvgIpc) is 2.47. The van der Waals surface area contributed by atoms with E-state index in [1.165, 1.54) is 0 Å². The smallest absolute Gasteiger partial charge is 0.352 e. The first-order valence-electron chi connectivity index (χ1n) is 3.78. The molecule has 1 aliphatic rings. The fourth-order valence-corrected chi connectivity index (χ4v) is 2.34. The van der Waals surface area contributed by atoms with E-state index in [0.29, 0.717) is 5.69 Å². The second-order valence-electron chi connectivity index (χ2n) is 2.72. The lowest BCUT2D eigenvalue weighted by Gasteiger charge is -2.15. The van der Waals surface area contributed by atoms with Gasteiger partial charge in [0.25, 0.3) is 0 Å². The molecule has 0 amide bonds. The molecule has 0 fully saturated rings. The third-order valence-electron chi connectivity index (χ3n) is 2.00. The van der Waals surface area contributed by atoms with Gasteiger partial charge in [0.05, 0.1) is 0 Å².